The SMILES string of the molecule is COc1cccc(S(=O)(=O)Nc2c(NC3CCCCC3)c3ccccc3oc2=O)c1. The summed E-state index contributed by atoms with van der Waals surface area (Å²) < 4.78 is 39.0. The number of hydrogen-bond acceptors (Lipinski definition) is 6. The molecule has 2 N–H and O–H groups in total. The highest BCUT2D eigenvalue weighted by molar-refractivity contribution is 7.92. The van der Waals surface area contributed by atoms with Crippen LogP contribution in [0.2, 0.25) is 0 Å². The Balaban J connectivity index is 1.80. The topological polar surface area (TPSA) is 97.6 Å². The first-order valence-electron chi connectivity index (χ1n) is 9.97. The van der Waals surface area contributed by atoms with Gasteiger partial charge in [-0.2, -0.15) is 0 Å². The van der Waals surface area contributed by atoms with Gasteiger partial charge in [-0.1, -0.05) is 37.5 Å². The van der Waals surface area contributed by atoms with Gasteiger partial charge in [0.05, 0.1) is 17.7 Å². The average Bonchev–Trinajstić information content (AvgIpc) is 2.77. The Morgan fingerprint density at radius 1 is 1.00 bits per heavy atom. The number of rotatable bonds is 6. The smallest absolute Gasteiger partial charge is 0.363 e. The van der Waals surface area contributed by atoms with E-state index in [9.17, 15) is 13.2 Å². The predicted octanol–water partition coefficient (Wildman–Crippen LogP) is 4.35. The van der Waals surface area contributed by atoms with Crippen LogP contribution in [0.1, 0.15) is 32.1 Å². The summed E-state index contributed by atoms with van der Waals surface area (Å²) in [5.41, 5.74) is 0.0194. The molecule has 0 atom stereocenters. The Hall–Kier alpha value is -3.00. The van der Waals surface area contributed by atoms with Crippen LogP contribution >= 0.6 is 0 Å². The second-order valence-corrected chi connectivity index (χ2v) is 9.08. The number of para-hydroxylation sites is 1. The Bertz CT molecular complexity index is 1210. The highest BCUT2D eigenvalue weighted by Gasteiger charge is 2.24. The van der Waals surface area contributed by atoms with E-state index in [4.69, 9.17) is 9.15 Å². The maximum absolute atomic E-state index is 13.0. The standard InChI is InChI=1S/C22H24N2O5S/c1-28-16-10-7-11-17(14-16)30(26,27)24-21-20(23-15-8-3-2-4-9-15)18-12-5-6-13-19(18)29-22(21)25/h5-7,10-15,23-24H,2-4,8-9H2,1H3. The summed E-state index contributed by atoms with van der Waals surface area (Å²) in [4.78, 5) is 12.8. The Morgan fingerprint density at radius 2 is 1.77 bits per heavy atom. The van der Waals surface area contributed by atoms with Crippen molar-refractivity contribution in [1.82, 2.24) is 0 Å². The van der Waals surface area contributed by atoms with E-state index in [0.717, 1.165) is 25.7 Å². The molecular formula is C22H24N2O5S. The molecule has 0 spiro atoms. The van der Waals surface area contributed by atoms with Crippen LogP contribution in [0.4, 0.5) is 11.4 Å². The molecule has 1 heterocycles. The van der Waals surface area contributed by atoms with Gasteiger partial charge in [-0.15, -0.1) is 0 Å². The molecule has 2 aromatic carbocycles. The van der Waals surface area contributed by atoms with E-state index in [0.29, 0.717) is 22.4 Å². The molecule has 158 valence electrons. The number of ether oxygens (including phenoxy) is 1. The van der Waals surface area contributed by atoms with Crippen LogP contribution in [-0.2, 0) is 10.0 Å². The average molecular weight is 429 g/mol. The first-order chi connectivity index (χ1) is 14.5. The van der Waals surface area contributed by atoms with E-state index >= 15 is 0 Å². The van der Waals surface area contributed by atoms with Gasteiger partial charge in [0.1, 0.15) is 11.3 Å². The third kappa shape index (κ3) is 4.14. The number of nitrogens with one attached hydrogen (secondary N) is 2. The van der Waals surface area contributed by atoms with Crippen molar-refractivity contribution in [3.05, 3.63) is 59.0 Å². The van der Waals surface area contributed by atoms with Gasteiger partial charge in [0, 0.05) is 17.5 Å². The maximum atomic E-state index is 13.0. The van der Waals surface area contributed by atoms with Crippen molar-refractivity contribution in [3.8, 4) is 5.75 Å². The summed E-state index contributed by atoms with van der Waals surface area (Å²) in [5, 5.41) is 4.08. The Morgan fingerprint density at radius 3 is 2.53 bits per heavy atom. The van der Waals surface area contributed by atoms with Crippen LogP contribution in [0.15, 0.2) is 62.6 Å². The first kappa shape index (κ1) is 20.3. The molecule has 1 aliphatic carbocycles. The third-order valence-electron chi connectivity index (χ3n) is 5.35. The van der Waals surface area contributed by atoms with Gasteiger partial charge >= 0.3 is 5.63 Å². The monoisotopic (exact) mass is 428 g/mol. The normalized spacial score (nSPS) is 15.1. The van der Waals surface area contributed by atoms with E-state index in [2.05, 4.69) is 10.0 Å². The Labute approximate surface area is 175 Å². The number of sulfonamides is 1. The molecule has 0 radical (unpaired) electrons. The van der Waals surface area contributed by atoms with Gasteiger partial charge in [0.25, 0.3) is 10.0 Å². The lowest BCUT2D eigenvalue weighted by Crippen LogP contribution is -2.26. The minimum Gasteiger partial charge on any atom is -0.497 e. The maximum Gasteiger partial charge on any atom is 0.363 e. The summed E-state index contributed by atoms with van der Waals surface area (Å²) in [7, 11) is -2.57. The zero-order valence-corrected chi connectivity index (χ0v) is 17.5. The number of benzene rings is 2. The van der Waals surface area contributed by atoms with Crippen molar-refractivity contribution in [2.45, 2.75) is 43.0 Å². The number of methoxy groups -OCH3 is 1. The van der Waals surface area contributed by atoms with Gasteiger partial charge in [-0.05, 0) is 37.1 Å². The fourth-order valence-electron chi connectivity index (χ4n) is 3.81. The van der Waals surface area contributed by atoms with Gasteiger partial charge in [0.2, 0.25) is 0 Å². The highest BCUT2D eigenvalue weighted by atomic mass is 32.2. The molecule has 4 rings (SSSR count). The molecule has 8 heteroatoms. The second-order valence-electron chi connectivity index (χ2n) is 7.40. The molecular weight excluding hydrogens is 404 g/mol. The van der Waals surface area contributed by atoms with Gasteiger partial charge in [-0.3, -0.25) is 4.72 Å². The summed E-state index contributed by atoms with van der Waals surface area (Å²) in [6.45, 7) is 0. The summed E-state index contributed by atoms with van der Waals surface area (Å²) in [5.74, 6) is 0.406. The van der Waals surface area contributed by atoms with Crippen molar-refractivity contribution in [2.24, 2.45) is 0 Å². The summed E-state index contributed by atoms with van der Waals surface area (Å²) in [6.07, 6.45) is 5.32. The quantitative estimate of drug-likeness (QED) is 0.567. The molecule has 0 aliphatic heterocycles. The fraction of sp³-hybridized carbons (Fsp3) is 0.318. The minimum atomic E-state index is -4.03. The first-order valence-corrected chi connectivity index (χ1v) is 11.5. The molecule has 0 saturated heterocycles. The molecule has 30 heavy (non-hydrogen) atoms. The van der Waals surface area contributed by atoms with Crippen LogP contribution < -0.4 is 20.4 Å². The predicted molar refractivity (Wildman–Crippen MR) is 117 cm³/mol. The van der Waals surface area contributed by atoms with Crippen molar-refractivity contribution < 1.29 is 17.6 Å². The van der Waals surface area contributed by atoms with Crippen molar-refractivity contribution in [3.63, 3.8) is 0 Å². The van der Waals surface area contributed by atoms with Gasteiger partial charge in [0.15, 0.2) is 5.69 Å². The molecule has 7 nitrogen and oxygen atoms in total. The zero-order chi connectivity index (χ0) is 21.1. The lowest BCUT2D eigenvalue weighted by atomic mass is 9.95. The van der Waals surface area contributed by atoms with Crippen molar-refractivity contribution >= 4 is 32.4 Å². The van der Waals surface area contributed by atoms with Crippen LogP contribution in [0.5, 0.6) is 5.75 Å². The molecule has 0 unspecified atom stereocenters. The molecule has 0 amide bonds. The van der Waals surface area contributed by atoms with Crippen molar-refractivity contribution in [1.29, 1.82) is 0 Å². The van der Waals surface area contributed by atoms with E-state index in [1.165, 1.54) is 25.7 Å². The summed E-state index contributed by atoms with van der Waals surface area (Å²) in [6, 6.07) is 13.4. The highest BCUT2D eigenvalue weighted by Crippen LogP contribution is 2.33. The van der Waals surface area contributed by atoms with Crippen LogP contribution in [-0.4, -0.2) is 21.6 Å². The van der Waals surface area contributed by atoms with Crippen LogP contribution in [0.3, 0.4) is 0 Å². The summed E-state index contributed by atoms with van der Waals surface area (Å²) >= 11 is 0. The van der Waals surface area contributed by atoms with Gasteiger partial charge in [-0.25, -0.2) is 13.2 Å². The Kier molecular flexibility index (Phi) is 5.67. The van der Waals surface area contributed by atoms with E-state index in [1.54, 1.807) is 24.3 Å². The molecule has 3 aromatic rings. The molecule has 0 bridgehead atoms. The van der Waals surface area contributed by atoms with E-state index in [-0.39, 0.29) is 16.6 Å². The largest absolute Gasteiger partial charge is 0.497 e. The van der Waals surface area contributed by atoms with Crippen molar-refractivity contribution in [2.75, 3.05) is 17.1 Å². The fourth-order valence-corrected chi connectivity index (χ4v) is 4.91. The van der Waals surface area contributed by atoms with E-state index < -0.39 is 15.6 Å². The molecule has 1 fully saturated rings. The lowest BCUT2D eigenvalue weighted by molar-refractivity contribution is 0.413. The third-order valence-corrected chi connectivity index (χ3v) is 6.70. The molecule has 1 aromatic heterocycles. The zero-order valence-electron chi connectivity index (χ0n) is 16.7. The van der Waals surface area contributed by atoms with Crippen LogP contribution in [0.25, 0.3) is 11.0 Å². The van der Waals surface area contributed by atoms with Gasteiger partial charge < -0.3 is 14.5 Å². The number of anilines is 2. The number of fused-ring (bicyclic) bond motifs is 1. The van der Waals surface area contributed by atoms with E-state index in [1.807, 2.05) is 12.1 Å². The lowest BCUT2D eigenvalue weighted by Gasteiger charge is -2.25. The number of hydrogen-bond donors (Lipinski definition) is 2. The molecule has 1 saturated carbocycles. The van der Waals surface area contributed by atoms with Crippen LogP contribution in [0, 0.1) is 0 Å². The minimum absolute atomic E-state index is 0.00183. The second kappa shape index (κ2) is 8.39. The molecule has 1 aliphatic rings.